The van der Waals surface area contributed by atoms with Crippen molar-refractivity contribution in [2.24, 2.45) is 0 Å². The van der Waals surface area contributed by atoms with E-state index in [1.54, 1.807) is 12.3 Å². The molecule has 0 amide bonds. The highest BCUT2D eigenvalue weighted by atomic mass is 32.1. The molecule has 0 saturated carbocycles. The van der Waals surface area contributed by atoms with Gasteiger partial charge in [-0.1, -0.05) is 0 Å². The van der Waals surface area contributed by atoms with Gasteiger partial charge in [-0.2, -0.15) is 5.26 Å². The molecule has 0 aliphatic heterocycles. The predicted molar refractivity (Wildman–Crippen MR) is 74.4 cm³/mol. The number of nitrogens with zero attached hydrogens (tertiary/aromatic N) is 4. The summed E-state index contributed by atoms with van der Waals surface area (Å²) in [7, 11) is 0. The second kappa shape index (κ2) is 5.22. The van der Waals surface area contributed by atoms with Crippen LogP contribution in [0, 0.1) is 21.4 Å². The van der Waals surface area contributed by atoms with Crippen LogP contribution in [0.3, 0.4) is 0 Å². The van der Waals surface area contributed by atoms with Crippen molar-refractivity contribution in [2.45, 2.75) is 19.4 Å². The van der Waals surface area contributed by atoms with Crippen molar-refractivity contribution in [3.8, 4) is 6.07 Å². The summed E-state index contributed by atoms with van der Waals surface area (Å²) in [6.45, 7) is 3.69. The van der Waals surface area contributed by atoms with E-state index in [-0.39, 0.29) is 17.1 Å². The summed E-state index contributed by atoms with van der Waals surface area (Å²) in [6, 6.07) is 3.12. The maximum Gasteiger partial charge on any atom is 0.329 e. The highest BCUT2D eigenvalue weighted by Crippen LogP contribution is 2.32. The van der Waals surface area contributed by atoms with E-state index in [9.17, 15) is 10.1 Å². The van der Waals surface area contributed by atoms with Crippen molar-refractivity contribution in [1.82, 2.24) is 9.97 Å². The third kappa shape index (κ3) is 2.57. The van der Waals surface area contributed by atoms with Gasteiger partial charge in [0, 0.05) is 17.8 Å². The molecule has 1 N–H and O–H groups in total. The first-order chi connectivity index (χ1) is 9.45. The number of rotatable bonds is 4. The number of aromatic nitrogens is 2. The Labute approximate surface area is 119 Å². The standard InChI is InChI=1S/C12H11N5O2S/c1-12(2,11-15-5-6-20-11)16-10-9(17(18)19)8(7-13)3-4-14-10/h3-6H,1-2H3,(H,14,16). The Bertz CT molecular complexity index is 676. The molecule has 0 aromatic carbocycles. The van der Waals surface area contributed by atoms with Gasteiger partial charge in [-0.15, -0.1) is 11.3 Å². The van der Waals surface area contributed by atoms with Gasteiger partial charge >= 0.3 is 5.69 Å². The second-order valence-electron chi connectivity index (χ2n) is 4.51. The molecule has 0 saturated heterocycles. The zero-order valence-corrected chi connectivity index (χ0v) is 11.6. The van der Waals surface area contributed by atoms with Crippen LogP contribution in [0.1, 0.15) is 24.4 Å². The van der Waals surface area contributed by atoms with Crippen LogP contribution in [-0.2, 0) is 5.54 Å². The molecule has 0 atom stereocenters. The highest BCUT2D eigenvalue weighted by molar-refractivity contribution is 7.09. The van der Waals surface area contributed by atoms with Gasteiger partial charge in [0.05, 0.1) is 10.5 Å². The van der Waals surface area contributed by atoms with Gasteiger partial charge < -0.3 is 5.32 Å². The number of pyridine rings is 1. The fraction of sp³-hybridized carbons (Fsp3) is 0.250. The molecular formula is C12H11N5O2S. The van der Waals surface area contributed by atoms with Crippen molar-refractivity contribution in [3.05, 3.63) is 44.5 Å². The zero-order valence-electron chi connectivity index (χ0n) is 10.8. The number of nitrogens with one attached hydrogen (secondary N) is 1. The van der Waals surface area contributed by atoms with Crippen molar-refractivity contribution in [2.75, 3.05) is 5.32 Å². The van der Waals surface area contributed by atoms with Crippen molar-refractivity contribution in [1.29, 1.82) is 5.26 Å². The molecule has 0 aliphatic rings. The first-order valence-corrected chi connectivity index (χ1v) is 6.55. The molecule has 20 heavy (non-hydrogen) atoms. The molecule has 0 bridgehead atoms. The van der Waals surface area contributed by atoms with E-state index in [0.717, 1.165) is 5.01 Å². The van der Waals surface area contributed by atoms with Crippen LogP contribution in [0.25, 0.3) is 0 Å². The third-order valence-electron chi connectivity index (χ3n) is 2.63. The lowest BCUT2D eigenvalue weighted by Gasteiger charge is -2.24. The first-order valence-electron chi connectivity index (χ1n) is 5.67. The molecular weight excluding hydrogens is 278 g/mol. The first kappa shape index (κ1) is 13.9. The Morgan fingerprint density at radius 1 is 1.45 bits per heavy atom. The molecule has 2 rings (SSSR count). The minimum Gasteiger partial charge on any atom is -0.353 e. The molecule has 0 radical (unpaired) electrons. The van der Waals surface area contributed by atoms with E-state index in [1.165, 1.54) is 23.6 Å². The van der Waals surface area contributed by atoms with E-state index in [4.69, 9.17) is 5.26 Å². The van der Waals surface area contributed by atoms with Crippen LogP contribution in [0.15, 0.2) is 23.8 Å². The summed E-state index contributed by atoms with van der Waals surface area (Å²) in [6.07, 6.45) is 3.03. The smallest absolute Gasteiger partial charge is 0.329 e. The molecule has 7 nitrogen and oxygen atoms in total. The molecule has 102 valence electrons. The minimum absolute atomic E-state index is 0.0255. The maximum atomic E-state index is 11.1. The van der Waals surface area contributed by atoms with E-state index in [2.05, 4.69) is 15.3 Å². The number of anilines is 1. The summed E-state index contributed by atoms with van der Waals surface area (Å²) < 4.78 is 0. The number of hydrogen-bond donors (Lipinski definition) is 1. The molecule has 0 fully saturated rings. The van der Waals surface area contributed by atoms with Crippen LogP contribution in [-0.4, -0.2) is 14.9 Å². The summed E-state index contributed by atoms with van der Waals surface area (Å²) >= 11 is 1.44. The summed E-state index contributed by atoms with van der Waals surface area (Å²) in [4.78, 5) is 18.7. The molecule has 2 aromatic heterocycles. The Hall–Kier alpha value is -2.53. The minimum atomic E-state index is -0.625. The second-order valence-corrected chi connectivity index (χ2v) is 5.41. The zero-order chi connectivity index (χ0) is 14.8. The average molecular weight is 289 g/mol. The van der Waals surface area contributed by atoms with E-state index in [1.807, 2.05) is 19.2 Å². The van der Waals surface area contributed by atoms with Gasteiger partial charge in [-0.25, -0.2) is 9.97 Å². The van der Waals surface area contributed by atoms with Gasteiger partial charge in [0.25, 0.3) is 0 Å². The highest BCUT2D eigenvalue weighted by Gasteiger charge is 2.29. The van der Waals surface area contributed by atoms with Gasteiger partial charge in [0.1, 0.15) is 16.6 Å². The lowest BCUT2D eigenvalue weighted by Crippen LogP contribution is -2.28. The Kier molecular flexibility index (Phi) is 3.63. The Morgan fingerprint density at radius 3 is 2.75 bits per heavy atom. The van der Waals surface area contributed by atoms with E-state index in [0.29, 0.717) is 0 Å². The fourth-order valence-corrected chi connectivity index (χ4v) is 2.42. The number of thiazole rings is 1. The SMILES string of the molecule is CC(C)(Nc1nccc(C#N)c1[N+](=O)[O-])c1nccs1. The summed E-state index contributed by atoms with van der Waals surface area (Å²) in [5.74, 6) is 0.0641. The largest absolute Gasteiger partial charge is 0.353 e. The van der Waals surface area contributed by atoms with Crippen LogP contribution in [0.5, 0.6) is 0 Å². The van der Waals surface area contributed by atoms with E-state index >= 15 is 0 Å². The predicted octanol–water partition coefficient (Wildman–Crippen LogP) is 2.67. The van der Waals surface area contributed by atoms with Crippen LogP contribution >= 0.6 is 11.3 Å². The van der Waals surface area contributed by atoms with Gasteiger partial charge in [0.15, 0.2) is 0 Å². The Morgan fingerprint density at radius 2 is 2.20 bits per heavy atom. The van der Waals surface area contributed by atoms with Crippen LogP contribution in [0.4, 0.5) is 11.5 Å². The number of hydrogen-bond acceptors (Lipinski definition) is 7. The van der Waals surface area contributed by atoms with Crippen molar-refractivity contribution in [3.63, 3.8) is 0 Å². The number of nitriles is 1. The molecule has 0 aliphatic carbocycles. The monoisotopic (exact) mass is 289 g/mol. The average Bonchev–Trinajstić information content (AvgIpc) is 2.92. The molecule has 8 heteroatoms. The Balaban J connectivity index is 2.45. The molecule has 2 aromatic rings. The van der Waals surface area contributed by atoms with Crippen molar-refractivity contribution >= 4 is 22.8 Å². The lowest BCUT2D eigenvalue weighted by atomic mass is 10.1. The van der Waals surface area contributed by atoms with Crippen molar-refractivity contribution < 1.29 is 4.92 Å². The quantitative estimate of drug-likeness (QED) is 0.685. The normalized spacial score (nSPS) is 10.8. The fourth-order valence-electron chi connectivity index (χ4n) is 1.70. The lowest BCUT2D eigenvalue weighted by molar-refractivity contribution is -0.384. The third-order valence-corrected chi connectivity index (χ3v) is 3.72. The maximum absolute atomic E-state index is 11.1. The molecule has 0 unspecified atom stereocenters. The molecule has 2 heterocycles. The molecule has 0 spiro atoms. The van der Waals surface area contributed by atoms with Gasteiger partial charge in [0.2, 0.25) is 5.82 Å². The van der Waals surface area contributed by atoms with E-state index < -0.39 is 10.5 Å². The topological polar surface area (TPSA) is 105 Å². The summed E-state index contributed by atoms with van der Waals surface area (Å²) in [5, 5.41) is 25.7. The van der Waals surface area contributed by atoms with Crippen LogP contribution < -0.4 is 5.32 Å². The van der Waals surface area contributed by atoms with Gasteiger partial charge in [-0.05, 0) is 19.9 Å². The van der Waals surface area contributed by atoms with Gasteiger partial charge in [-0.3, -0.25) is 10.1 Å². The number of nitro groups is 1. The summed E-state index contributed by atoms with van der Waals surface area (Å²) in [5.41, 5.74) is -0.970. The van der Waals surface area contributed by atoms with Crippen LogP contribution in [0.2, 0.25) is 0 Å².